The van der Waals surface area contributed by atoms with Gasteiger partial charge in [-0.1, -0.05) is 0 Å². The van der Waals surface area contributed by atoms with Crippen molar-refractivity contribution in [3.05, 3.63) is 0 Å². The maximum Gasteiger partial charge on any atom is 0.0693 e. The summed E-state index contributed by atoms with van der Waals surface area (Å²) >= 11 is 0. The zero-order valence-corrected chi connectivity index (χ0v) is 6.73. The molecule has 0 spiro atoms. The second kappa shape index (κ2) is 3.07. The van der Waals surface area contributed by atoms with Crippen LogP contribution >= 0.6 is 12.4 Å². The average molecular weight is 164 g/mol. The Morgan fingerprint density at radius 1 is 1.10 bits per heavy atom. The summed E-state index contributed by atoms with van der Waals surface area (Å²) in [7, 11) is 0. The lowest BCUT2D eigenvalue weighted by Crippen LogP contribution is -2.43. The molecule has 0 unspecified atom stereocenters. The average Bonchev–Trinajstić information content (AvgIpc) is 2.25. The Labute approximate surface area is 67.4 Å². The minimum atomic E-state index is -0.0521. The molecule has 0 aliphatic carbocycles. The number of nitrogens with one attached hydrogen (secondary N) is 1. The van der Waals surface area contributed by atoms with Crippen molar-refractivity contribution < 1.29 is 5.11 Å². The number of fused-ring (bicyclic) bond motifs is 2. The van der Waals surface area contributed by atoms with E-state index in [1.54, 1.807) is 0 Å². The van der Waals surface area contributed by atoms with Gasteiger partial charge in [-0.3, -0.25) is 0 Å². The summed E-state index contributed by atoms with van der Waals surface area (Å²) in [5, 5.41) is 12.7. The second-order valence-electron chi connectivity index (χ2n) is 3.19. The molecule has 0 aromatic rings. The van der Waals surface area contributed by atoms with Gasteiger partial charge in [0.2, 0.25) is 0 Å². The van der Waals surface area contributed by atoms with Gasteiger partial charge < -0.3 is 10.4 Å². The molecule has 2 nitrogen and oxygen atoms in total. The standard InChI is InChI=1S/C7H13NO.ClH/c9-7-4-2-5-1-3-6(7)8-5;/h5-9H,1-4H2;1H/t5-,6+,7+;/m0./s1. The Balaban J connectivity index is 0.000000500. The van der Waals surface area contributed by atoms with Crippen LogP contribution in [0.15, 0.2) is 0 Å². The number of halogens is 1. The van der Waals surface area contributed by atoms with Gasteiger partial charge in [0.25, 0.3) is 0 Å². The van der Waals surface area contributed by atoms with Crippen molar-refractivity contribution in [1.82, 2.24) is 5.32 Å². The Bertz CT molecular complexity index is 120. The molecule has 10 heavy (non-hydrogen) atoms. The van der Waals surface area contributed by atoms with E-state index < -0.39 is 0 Å². The van der Waals surface area contributed by atoms with Gasteiger partial charge >= 0.3 is 0 Å². The molecular formula is C7H14ClNO. The van der Waals surface area contributed by atoms with Crippen LogP contribution in [-0.4, -0.2) is 23.3 Å². The van der Waals surface area contributed by atoms with Crippen molar-refractivity contribution in [3.63, 3.8) is 0 Å². The highest BCUT2D eigenvalue weighted by Gasteiger charge is 2.33. The van der Waals surface area contributed by atoms with Crippen LogP contribution in [-0.2, 0) is 0 Å². The van der Waals surface area contributed by atoms with Gasteiger partial charge in [0.05, 0.1) is 6.10 Å². The minimum absolute atomic E-state index is 0. The zero-order valence-electron chi connectivity index (χ0n) is 5.92. The summed E-state index contributed by atoms with van der Waals surface area (Å²) in [4.78, 5) is 0. The number of rotatable bonds is 0. The molecule has 2 rings (SSSR count). The van der Waals surface area contributed by atoms with E-state index >= 15 is 0 Å². The zero-order chi connectivity index (χ0) is 6.27. The Morgan fingerprint density at radius 2 is 1.80 bits per heavy atom. The van der Waals surface area contributed by atoms with Crippen LogP contribution in [0.25, 0.3) is 0 Å². The lowest BCUT2D eigenvalue weighted by atomic mass is 10.0. The summed E-state index contributed by atoms with van der Waals surface area (Å²) in [5.74, 6) is 0. The highest BCUT2D eigenvalue weighted by molar-refractivity contribution is 5.85. The molecule has 0 aromatic heterocycles. The highest BCUT2D eigenvalue weighted by atomic mass is 35.5. The molecule has 60 valence electrons. The van der Waals surface area contributed by atoms with E-state index in [0.29, 0.717) is 6.04 Å². The normalized spacial score (nSPS) is 44.7. The number of aliphatic hydroxyl groups excluding tert-OH is 1. The summed E-state index contributed by atoms with van der Waals surface area (Å²) < 4.78 is 0. The van der Waals surface area contributed by atoms with Crippen molar-refractivity contribution in [3.8, 4) is 0 Å². The van der Waals surface area contributed by atoms with Crippen molar-refractivity contribution in [2.75, 3.05) is 0 Å². The third-order valence-electron chi connectivity index (χ3n) is 2.55. The van der Waals surface area contributed by atoms with Crippen LogP contribution in [0.5, 0.6) is 0 Å². The summed E-state index contributed by atoms with van der Waals surface area (Å²) in [6.45, 7) is 0. The largest absolute Gasteiger partial charge is 0.392 e. The number of hydrogen-bond acceptors (Lipinski definition) is 2. The lowest BCUT2D eigenvalue weighted by molar-refractivity contribution is 0.103. The minimum Gasteiger partial charge on any atom is -0.392 e. The Morgan fingerprint density at radius 3 is 2.50 bits per heavy atom. The fraction of sp³-hybridized carbons (Fsp3) is 1.00. The van der Waals surface area contributed by atoms with E-state index in [2.05, 4.69) is 5.32 Å². The van der Waals surface area contributed by atoms with Gasteiger partial charge in [-0.05, 0) is 25.7 Å². The second-order valence-corrected chi connectivity index (χ2v) is 3.19. The van der Waals surface area contributed by atoms with Crippen molar-refractivity contribution in [2.45, 2.75) is 43.9 Å². The quantitative estimate of drug-likeness (QED) is 0.551. The van der Waals surface area contributed by atoms with Crippen LogP contribution < -0.4 is 5.32 Å². The van der Waals surface area contributed by atoms with E-state index in [1.807, 2.05) is 0 Å². The molecule has 2 saturated heterocycles. The molecule has 2 aliphatic heterocycles. The molecule has 2 bridgehead atoms. The number of hydrogen-bond donors (Lipinski definition) is 2. The summed E-state index contributed by atoms with van der Waals surface area (Å²) in [6, 6.07) is 1.17. The van der Waals surface area contributed by atoms with Gasteiger partial charge in [-0.25, -0.2) is 0 Å². The van der Waals surface area contributed by atoms with E-state index in [4.69, 9.17) is 0 Å². The van der Waals surface area contributed by atoms with Gasteiger partial charge in [-0.2, -0.15) is 0 Å². The van der Waals surface area contributed by atoms with E-state index in [-0.39, 0.29) is 18.5 Å². The SMILES string of the molecule is Cl.O[C@@H]1CC[C@@H]2CC[C@H]1N2. The predicted octanol–water partition coefficient (Wildman–Crippen LogP) is 0.683. The van der Waals surface area contributed by atoms with Crippen LogP contribution in [0.1, 0.15) is 25.7 Å². The third kappa shape index (κ3) is 1.29. The third-order valence-corrected chi connectivity index (χ3v) is 2.55. The van der Waals surface area contributed by atoms with E-state index in [9.17, 15) is 5.11 Å². The molecular weight excluding hydrogens is 150 g/mol. The first-order valence-corrected chi connectivity index (χ1v) is 3.80. The van der Waals surface area contributed by atoms with Crippen molar-refractivity contribution in [2.24, 2.45) is 0 Å². The smallest absolute Gasteiger partial charge is 0.0693 e. The first-order valence-electron chi connectivity index (χ1n) is 3.80. The molecule has 0 amide bonds. The topological polar surface area (TPSA) is 32.3 Å². The van der Waals surface area contributed by atoms with Crippen LogP contribution in [0.4, 0.5) is 0 Å². The molecule has 2 aliphatic rings. The molecule has 2 heterocycles. The molecule has 0 aromatic carbocycles. The summed E-state index contributed by atoms with van der Waals surface area (Å²) in [6.07, 6.45) is 4.61. The molecule has 2 fully saturated rings. The fourth-order valence-corrected chi connectivity index (χ4v) is 1.95. The molecule has 0 saturated carbocycles. The van der Waals surface area contributed by atoms with E-state index in [0.717, 1.165) is 12.5 Å². The van der Waals surface area contributed by atoms with E-state index in [1.165, 1.54) is 19.3 Å². The van der Waals surface area contributed by atoms with Gasteiger partial charge in [0.15, 0.2) is 0 Å². The van der Waals surface area contributed by atoms with Crippen molar-refractivity contribution >= 4 is 12.4 Å². The Kier molecular flexibility index (Phi) is 2.55. The van der Waals surface area contributed by atoms with Crippen LogP contribution in [0, 0.1) is 0 Å². The number of aliphatic hydroxyl groups is 1. The van der Waals surface area contributed by atoms with Gasteiger partial charge in [0.1, 0.15) is 0 Å². The molecule has 0 radical (unpaired) electrons. The first kappa shape index (κ1) is 8.31. The maximum atomic E-state index is 9.33. The first-order chi connectivity index (χ1) is 4.36. The maximum absolute atomic E-state index is 9.33. The predicted molar refractivity (Wildman–Crippen MR) is 42.4 cm³/mol. The molecule has 2 N–H and O–H groups in total. The fourth-order valence-electron chi connectivity index (χ4n) is 1.95. The molecule has 3 atom stereocenters. The van der Waals surface area contributed by atoms with Gasteiger partial charge in [0, 0.05) is 12.1 Å². The lowest BCUT2D eigenvalue weighted by Gasteiger charge is -2.25. The molecule has 3 heteroatoms. The Hall–Kier alpha value is 0.210. The summed E-state index contributed by atoms with van der Waals surface area (Å²) in [5.41, 5.74) is 0. The van der Waals surface area contributed by atoms with Crippen molar-refractivity contribution in [1.29, 1.82) is 0 Å². The number of piperidine rings is 1. The highest BCUT2D eigenvalue weighted by Crippen LogP contribution is 2.26. The van der Waals surface area contributed by atoms with Crippen LogP contribution in [0.3, 0.4) is 0 Å². The monoisotopic (exact) mass is 163 g/mol. The van der Waals surface area contributed by atoms with Crippen LogP contribution in [0.2, 0.25) is 0 Å². The van der Waals surface area contributed by atoms with Gasteiger partial charge in [-0.15, -0.1) is 12.4 Å².